The second-order valence-electron chi connectivity index (χ2n) is 1.82. The molecule has 0 aromatic carbocycles. The highest BCUT2D eigenvalue weighted by Gasteiger charge is 1.94. The van der Waals surface area contributed by atoms with Gasteiger partial charge >= 0.3 is 0 Å². The molecule has 0 N–H and O–H groups in total. The zero-order chi connectivity index (χ0) is 6.15. The van der Waals surface area contributed by atoms with Gasteiger partial charge in [0.2, 0.25) is 0 Å². The largest absolute Gasteiger partial charge is 0.319 e. The molecule has 1 heterocycles. The van der Waals surface area contributed by atoms with Crippen molar-refractivity contribution >= 4 is 9.39 Å². The summed E-state index contributed by atoms with van der Waals surface area (Å²) in [6.07, 6.45) is 1.79. The minimum Gasteiger partial charge on any atom is -0.319 e. The number of aryl methyl sites for hydroxylation is 1. The van der Waals surface area contributed by atoms with Crippen molar-refractivity contribution in [3.8, 4) is 0 Å². The highest BCUT2D eigenvalue weighted by Crippen LogP contribution is 2.05. The van der Waals surface area contributed by atoms with Crippen molar-refractivity contribution in [2.45, 2.75) is 13.8 Å². The molecule has 0 amide bonds. The molecular weight excluding hydrogens is 119 g/mol. The maximum Gasteiger partial charge on any atom is 0.0980 e. The van der Waals surface area contributed by atoms with Gasteiger partial charge in [-0.15, -0.1) is 0 Å². The van der Waals surface area contributed by atoms with Gasteiger partial charge in [0.1, 0.15) is 0 Å². The van der Waals surface area contributed by atoms with Gasteiger partial charge in [0.15, 0.2) is 0 Å². The van der Waals surface area contributed by atoms with Crippen molar-refractivity contribution in [2.75, 3.05) is 0 Å². The average molecular weight is 128 g/mol. The van der Waals surface area contributed by atoms with E-state index in [1.807, 2.05) is 18.2 Å². The fourth-order valence-corrected chi connectivity index (χ4v) is 0.769. The molecule has 0 aliphatic heterocycles. The van der Waals surface area contributed by atoms with Crippen molar-refractivity contribution < 1.29 is 0 Å². The van der Waals surface area contributed by atoms with E-state index in [1.165, 1.54) is 5.69 Å². The van der Waals surface area contributed by atoms with E-state index in [-0.39, 0.29) is 0 Å². The van der Waals surface area contributed by atoms with Crippen LogP contribution in [-0.2, 0) is 0 Å². The lowest BCUT2D eigenvalue weighted by Gasteiger charge is -1.90. The summed E-state index contributed by atoms with van der Waals surface area (Å²) in [6.45, 7) is 4.03. The Morgan fingerprint density at radius 2 is 2.25 bits per heavy atom. The van der Waals surface area contributed by atoms with Gasteiger partial charge in [-0.2, -0.15) is 0 Å². The lowest BCUT2D eigenvalue weighted by Crippen LogP contribution is -1.79. The number of imidazole rings is 1. The topological polar surface area (TPSA) is 17.8 Å². The van der Waals surface area contributed by atoms with Crippen LogP contribution < -0.4 is 0 Å². The molecule has 0 spiro atoms. The Hall–Kier alpha value is -0.360. The van der Waals surface area contributed by atoms with Crippen LogP contribution in [0.25, 0.3) is 0 Å². The Morgan fingerprint density at radius 1 is 1.62 bits per heavy atom. The molecule has 0 saturated carbocycles. The van der Waals surface area contributed by atoms with E-state index in [4.69, 9.17) is 0 Å². The monoisotopic (exact) mass is 128 g/mol. The predicted molar refractivity (Wildman–Crippen MR) is 36.8 cm³/mol. The number of hydrogen-bond acceptors (Lipinski definition) is 1. The SMILES string of the molecule is Cc1ncn(P)c1C. The Labute approximate surface area is 51.2 Å². The molecule has 0 fully saturated rings. The molecular formula is C5H9N2P. The Bertz CT molecular complexity index is 173. The summed E-state index contributed by atoms with van der Waals surface area (Å²) < 4.78 is 1.93. The summed E-state index contributed by atoms with van der Waals surface area (Å²) in [5.41, 5.74) is 2.30. The maximum atomic E-state index is 4.06. The molecule has 0 saturated heterocycles. The first-order valence-corrected chi connectivity index (χ1v) is 2.99. The van der Waals surface area contributed by atoms with Gasteiger partial charge in [0, 0.05) is 5.69 Å². The zero-order valence-electron chi connectivity index (χ0n) is 5.05. The molecule has 0 bridgehead atoms. The number of aromatic nitrogens is 2. The van der Waals surface area contributed by atoms with E-state index >= 15 is 0 Å². The van der Waals surface area contributed by atoms with Crippen LogP contribution in [0.5, 0.6) is 0 Å². The van der Waals surface area contributed by atoms with Crippen molar-refractivity contribution in [1.82, 2.24) is 9.32 Å². The summed E-state index contributed by atoms with van der Waals surface area (Å²) in [7, 11) is 2.56. The van der Waals surface area contributed by atoms with Gasteiger partial charge in [-0.25, -0.2) is 4.98 Å². The summed E-state index contributed by atoms with van der Waals surface area (Å²) in [5, 5.41) is 0. The van der Waals surface area contributed by atoms with E-state index in [9.17, 15) is 0 Å². The van der Waals surface area contributed by atoms with Crippen LogP contribution in [0, 0.1) is 13.8 Å². The number of hydrogen-bond donors (Lipinski definition) is 0. The van der Waals surface area contributed by atoms with Crippen molar-refractivity contribution in [2.24, 2.45) is 0 Å². The first kappa shape index (κ1) is 5.77. The molecule has 8 heavy (non-hydrogen) atoms. The Morgan fingerprint density at radius 3 is 2.38 bits per heavy atom. The standard InChI is InChI=1S/C5H9N2P/c1-4-5(2)7(8)3-6-4/h3H,8H2,1-2H3. The van der Waals surface area contributed by atoms with Crippen molar-refractivity contribution in [3.63, 3.8) is 0 Å². The molecule has 1 atom stereocenters. The number of rotatable bonds is 0. The third-order valence-electron chi connectivity index (χ3n) is 1.29. The fraction of sp³-hybridized carbons (Fsp3) is 0.400. The summed E-state index contributed by atoms with van der Waals surface area (Å²) in [6, 6.07) is 0. The molecule has 0 radical (unpaired) electrons. The third kappa shape index (κ3) is 0.760. The van der Waals surface area contributed by atoms with Crippen LogP contribution in [0.1, 0.15) is 11.4 Å². The predicted octanol–water partition coefficient (Wildman–Crippen LogP) is 1.14. The molecule has 44 valence electrons. The highest BCUT2D eigenvalue weighted by atomic mass is 31.0. The average Bonchev–Trinajstić information content (AvgIpc) is 1.98. The van der Waals surface area contributed by atoms with Gasteiger partial charge in [-0.3, -0.25) is 0 Å². The van der Waals surface area contributed by atoms with E-state index in [2.05, 4.69) is 14.4 Å². The Kier molecular flexibility index (Phi) is 1.35. The van der Waals surface area contributed by atoms with Crippen LogP contribution in [0.4, 0.5) is 0 Å². The van der Waals surface area contributed by atoms with Crippen LogP contribution >= 0.6 is 9.39 Å². The summed E-state index contributed by atoms with van der Waals surface area (Å²) >= 11 is 0. The normalized spacial score (nSPS) is 9.88. The van der Waals surface area contributed by atoms with Crippen LogP contribution in [0.3, 0.4) is 0 Å². The third-order valence-corrected chi connectivity index (χ3v) is 1.81. The van der Waals surface area contributed by atoms with Crippen molar-refractivity contribution in [1.29, 1.82) is 0 Å². The molecule has 2 nitrogen and oxygen atoms in total. The Balaban J connectivity index is 3.19. The molecule has 1 aromatic rings. The van der Waals surface area contributed by atoms with Crippen LogP contribution in [0.15, 0.2) is 6.33 Å². The van der Waals surface area contributed by atoms with Gasteiger partial charge in [0.05, 0.1) is 12.0 Å². The van der Waals surface area contributed by atoms with E-state index in [0.717, 1.165) is 5.69 Å². The van der Waals surface area contributed by atoms with Gasteiger partial charge in [0.25, 0.3) is 0 Å². The fourth-order valence-electron chi connectivity index (χ4n) is 0.516. The van der Waals surface area contributed by atoms with Crippen molar-refractivity contribution in [3.05, 3.63) is 17.7 Å². The maximum absolute atomic E-state index is 4.06. The molecule has 1 rings (SSSR count). The van der Waals surface area contributed by atoms with Gasteiger partial charge in [-0.05, 0) is 23.2 Å². The highest BCUT2D eigenvalue weighted by molar-refractivity contribution is 7.14. The van der Waals surface area contributed by atoms with E-state index in [0.29, 0.717) is 0 Å². The number of nitrogens with zero attached hydrogens (tertiary/aromatic N) is 2. The molecule has 0 aliphatic carbocycles. The van der Waals surface area contributed by atoms with Crippen LogP contribution in [-0.4, -0.2) is 9.32 Å². The minimum atomic E-state index is 1.10. The molecule has 1 aromatic heterocycles. The molecule has 3 heteroatoms. The van der Waals surface area contributed by atoms with E-state index in [1.54, 1.807) is 6.33 Å². The summed E-state index contributed by atoms with van der Waals surface area (Å²) in [5.74, 6) is 0. The lowest BCUT2D eigenvalue weighted by atomic mass is 10.4. The van der Waals surface area contributed by atoms with Crippen LogP contribution in [0.2, 0.25) is 0 Å². The first-order chi connectivity index (χ1) is 3.72. The van der Waals surface area contributed by atoms with Gasteiger partial charge in [-0.1, -0.05) is 0 Å². The second kappa shape index (κ2) is 1.87. The van der Waals surface area contributed by atoms with Gasteiger partial charge < -0.3 is 4.34 Å². The molecule has 0 aliphatic rings. The first-order valence-electron chi connectivity index (χ1n) is 2.47. The quantitative estimate of drug-likeness (QED) is 0.479. The zero-order valence-corrected chi connectivity index (χ0v) is 6.20. The minimum absolute atomic E-state index is 1.10. The second-order valence-corrected chi connectivity index (χ2v) is 2.38. The lowest BCUT2D eigenvalue weighted by molar-refractivity contribution is 1.16. The molecule has 1 unspecified atom stereocenters. The van der Waals surface area contributed by atoms with E-state index < -0.39 is 0 Å². The smallest absolute Gasteiger partial charge is 0.0980 e. The summed E-state index contributed by atoms with van der Waals surface area (Å²) in [4.78, 5) is 4.06.